The zero-order chi connectivity index (χ0) is 13.5. The highest BCUT2D eigenvalue weighted by atomic mass is 19.1. The van der Waals surface area contributed by atoms with E-state index in [1.807, 2.05) is 44.2 Å². The predicted molar refractivity (Wildman–Crippen MR) is 73.3 cm³/mol. The maximum absolute atomic E-state index is 13.3. The van der Waals surface area contributed by atoms with Gasteiger partial charge in [-0.25, -0.2) is 4.39 Å². The number of ether oxygens (including phenoxy) is 1. The molecular formula is C16H16FNO. The second-order valence-electron chi connectivity index (χ2n) is 5.25. The third-order valence-corrected chi connectivity index (χ3v) is 3.43. The molecule has 1 N–H and O–H groups in total. The van der Waals surface area contributed by atoms with E-state index in [1.54, 1.807) is 6.07 Å². The minimum Gasteiger partial charge on any atom is -0.356 e. The molecule has 19 heavy (non-hydrogen) atoms. The molecule has 1 aliphatic rings. The lowest BCUT2D eigenvalue weighted by molar-refractivity contribution is -0.0734. The van der Waals surface area contributed by atoms with Crippen LogP contribution in [0.2, 0.25) is 0 Å². The minimum absolute atomic E-state index is 0.250. The molecule has 0 fully saturated rings. The first-order valence-corrected chi connectivity index (χ1v) is 6.35. The average Bonchev–Trinajstić information content (AvgIpc) is 2.38. The molecule has 2 aromatic rings. The van der Waals surface area contributed by atoms with Gasteiger partial charge in [0, 0.05) is 16.8 Å². The van der Waals surface area contributed by atoms with Crippen molar-refractivity contribution in [2.75, 3.05) is 5.32 Å². The Morgan fingerprint density at radius 3 is 2.68 bits per heavy atom. The second-order valence-corrected chi connectivity index (χ2v) is 5.25. The molecule has 1 unspecified atom stereocenters. The number of anilines is 1. The summed E-state index contributed by atoms with van der Waals surface area (Å²) in [6.45, 7) is 4.05. The van der Waals surface area contributed by atoms with E-state index in [0.717, 1.165) is 16.8 Å². The van der Waals surface area contributed by atoms with Crippen LogP contribution < -0.4 is 5.32 Å². The topological polar surface area (TPSA) is 21.3 Å². The molecule has 1 atom stereocenters. The summed E-state index contributed by atoms with van der Waals surface area (Å²) in [6, 6.07) is 14.5. The number of nitrogens with one attached hydrogen (secondary N) is 1. The Kier molecular flexibility index (Phi) is 2.79. The van der Waals surface area contributed by atoms with Crippen molar-refractivity contribution in [1.82, 2.24) is 0 Å². The average molecular weight is 257 g/mol. The molecule has 0 amide bonds. The zero-order valence-electron chi connectivity index (χ0n) is 11.0. The lowest BCUT2D eigenvalue weighted by atomic mass is 9.93. The number of rotatable bonds is 1. The van der Waals surface area contributed by atoms with Crippen molar-refractivity contribution in [2.24, 2.45) is 0 Å². The fourth-order valence-corrected chi connectivity index (χ4v) is 2.48. The Labute approximate surface area is 112 Å². The summed E-state index contributed by atoms with van der Waals surface area (Å²) in [5.74, 6) is -0.250. The molecule has 0 radical (unpaired) electrons. The predicted octanol–water partition coefficient (Wildman–Crippen LogP) is 4.20. The molecule has 3 heteroatoms. The van der Waals surface area contributed by atoms with Gasteiger partial charge in [0.15, 0.2) is 6.23 Å². The van der Waals surface area contributed by atoms with Crippen molar-refractivity contribution >= 4 is 5.69 Å². The van der Waals surface area contributed by atoms with Crippen LogP contribution in [-0.4, -0.2) is 0 Å². The minimum atomic E-state index is -0.404. The van der Waals surface area contributed by atoms with Gasteiger partial charge in [-0.3, -0.25) is 0 Å². The molecule has 0 aliphatic carbocycles. The molecular weight excluding hydrogens is 241 g/mol. The van der Waals surface area contributed by atoms with E-state index in [1.165, 1.54) is 12.1 Å². The highest BCUT2D eigenvalue weighted by Gasteiger charge is 2.33. The first-order valence-electron chi connectivity index (χ1n) is 6.35. The van der Waals surface area contributed by atoms with Gasteiger partial charge >= 0.3 is 0 Å². The lowest BCUT2D eigenvalue weighted by Crippen LogP contribution is -2.34. The molecule has 98 valence electrons. The number of benzene rings is 2. The van der Waals surface area contributed by atoms with Gasteiger partial charge in [-0.1, -0.05) is 30.3 Å². The quantitative estimate of drug-likeness (QED) is 0.826. The number of hydrogen-bond acceptors (Lipinski definition) is 2. The van der Waals surface area contributed by atoms with E-state index in [-0.39, 0.29) is 12.0 Å². The molecule has 0 saturated carbocycles. The summed E-state index contributed by atoms with van der Waals surface area (Å²) in [7, 11) is 0. The van der Waals surface area contributed by atoms with Crippen molar-refractivity contribution in [3.63, 3.8) is 0 Å². The van der Waals surface area contributed by atoms with Crippen molar-refractivity contribution < 1.29 is 9.13 Å². The second kappa shape index (κ2) is 4.35. The first-order chi connectivity index (χ1) is 9.06. The van der Waals surface area contributed by atoms with E-state index in [9.17, 15) is 4.39 Å². The summed E-state index contributed by atoms with van der Waals surface area (Å²) in [5.41, 5.74) is 2.54. The standard InChI is InChI=1S/C16H16FNO/c1-16(2)13-8-3-4-9-14(13)18-15(19-16)11-6-5-7-12(17)10-11/h3-10,15,18H,1-2H3. The Morgan fingerprint density at radius 2 is 1.89 bits per heavy atom. The van der Waals surface area contributed by atoms with E-state index in [0.29, 0.717) is 0 Å². The van der Waals surface area contributed by atoms with E-state index >= 15 is 0 Å². The highest BCUT2D eigenvalue weighted by molar-refractivity contribution is 5.56. The van der Waals surface area contributed by atoms with Crippen LogP contribution in [0, 0.1) is 5.82 Å². The van der Waals surface area contributed by atoms with Crippen LogP contribution in [-0.2, 0) is 10.3 Å². The summed E-state index contributed by atoms with van der Waals surface area (Å²) >= 11 is 0. The van der Waals surface area contributed by atoms with Gasteiger partial charge < -0.3 is 10.1 Å². The van der Waals surface area contributed by atoms with Crippen molar-refractivity contribution in [1.29, 1.82) is 0 Å². The molecule has 3 rings (SSSR count). The van der Waals surface area contributed by atoms with Crippen LogP contribution in [0.25, 0.3) is 0 Å². The fourth-order valence-electron chi connectivity index (χ4n) is 2.48. The van der Waals surface area contributed by atoms with Crippen molar-refractivity contribution in [3.8, 4) is 0 Å². The number of halogens is 1. The molecule has 1 heterocycles. The number of fused-ring (bicyclic) bond motifs is 1. The fraction of sp³-hybridized carbons (Fsp3) is 0.250. The maximum atomic E-state index is 13.3. The molecule has 1 aliphatic heterocycles. The van der Waals surface area contributed by atoms with Gasteiger partial charge in [0.1, 0.15) is 5.82 Å². The Balaban J connectivity index is 2.01. The van der Waals surface area contributed by atoms with Crippen LogP contribution in [0.3, 0.4) is 0 Å². The van der Waals surface area contributed by atoms with Crippen molar-refractivity contribution in [3.05, 3.63) is 65.5 Å². The van der Waals surface area contributed by atoms with Gasteiger partial charge in [-0.2, -0.15) is 0 Å². The van der Waals surface area contributed by atoms with E-state index in [2.05, 4.69) is 5.32 Å². The summed E-state index contributed by atoms with van der Waals surface area (Å²) in [4.78, 5) is 0. The van der Waals surface area contributed by atoms with Crippen LogP contribution in [0.5, 0.6) is 0 Å². The van der Waals surface area contributed by atoms with Gasteiger partial charge in [0.05, 0.1) is 5.60 Å². The van der Waals surface area contributed by atoms with E-state index < -0.39 is 5.60 Å². The van der Waals surface area contributed by atoms with Gasteiger partial charge in [0.2, 0.25) is 0 Å². The smallest absolute Gasteiger partial charge is 0.155 e. The van der Waals surface area contributed by atoms with Crippen molar-refractivity contribution in [2.45, 2.75) is 25.7 Å². The normalized spacial score (nSPS) is 20.5. The third-order valence-electron chi connectivity index (χ3n) is 3.43. The van der Waals surface area contributed by atoms with Gasteiger partial charge in [0.25, 0.3) is 0 Å². The zero-order valence-corrected chi connectivity index (χ0v) is 11.0. The van der Waals surface area contributed by atoms with Gasteiger partial charge in [-0.15, -0.1) is 0 Å². The van der Waals surface area contributed by atoms with Crippen LogP contribution in [0.4, 0.5) is 10.1 Å². The molecule has 0 spiro atoms. The Bertz CT molecular complexity index is 609. The molecule has 0 aromatic heterocycles. The SMILES string of the molecule is CC1(C)OC(c2cccc(F)c2)Nc2ccccc21. The van der Waals surface area contributed by atoms with Crippen LogP contribution in [0.15, 0.2) is 48.5 Å². The third kappa shape index (κ3) is 2.22. The number of para-hydroxylation sites is 1. The molecule has 0 saturated heterocycles. The highest BCUT2D eigenvalue weighted by Crippen LogP contribution is 2.41. The monoisotopic (exact) mass is 257 g/mol. The molecule has 0 bridgehead atoms. The van der Waals surface area contributed by atoms with Gasteiger partial charge in [-0.05, 0) is 32.0 Å². The van der Waals surface area contributed by atoms with Crippen LogP contribution in [0.1, 0.15) is 31.2 Å². The first kappa shape index (κ1) is 12.2. The summed E-state index contributed by atoms with van der Waals surface area (Å²) in [5, 5.41) is 3.31. The molecule has 2 nitrogen and oxygen atoms in total. The lowest BCUT2D eigenvalue weighted by Gasteiger charge is -2.39. The summed E-state index contributed by atoms with van der Waals surface area (Å²) in [6.07, 6.45) is -0.333. The van der Waals surface area contributed by atoms with Crippen LogP contribution >= 0.6 is 0 Å². The largest absolute Gasteiger partial charge is 0.356 e. The Morgan fingerprint density at radius 1 is 1.11 bits per heavy atom. The Hall–Kier alpha value is -1.87. The maximum Gasteiger partial charge on any atom is 0.155 e. The summed E-state index contributed by atoms with van der Waals surface area (Å²) < 4.78 is 19.4. The number of hydrogen-bond donors (Lipinski definition) is 1. The molecule has 2 aromatic carbocycles. The van der Waals surface area contributed by atoms with E-state index in [4.69, 9.17) is 4.74 Å².